The number of anilines is 2. The second-order valence-corrected chi connectivity index (χ2v) is 12.5. The number of aliphatic hydroxyl groups excluding tert-OH is 1. The molecule has 42 heavy (non-hydrogen) atoms. The Bertz CT molecular complexity index is 1520. The summed E-state index contributed by atoms with van der Waals surface area (Å²) < 4.78 is 60.5. The van der Waals surface area contributed by atoms with Crippen LogP contribution in [-0.2, 0) is 34.3 Å². The predicted octanol–water partition coefficient (Wildman–Crippen LogP) is 2.70. The number of carbonyl (C=O) groups is 1. The zero-order chi connectivity index (χ0) is 29.9. The van der Waals surface area contributed by atoms with Crippen LogP contribution in [0.3, 0.4) is 0 Å². The number of hydrogen-bond acceptors (Lipinski definition) is 8. The number of benzene rings is 2. The molecule has 0 unspecified atom stereocenters. The number of aromatic amines is 1. The van der Waals surface area contributed by atoms with Gasteiger partial charge in [-0.1, -0.05) is 6.07 Å². The molecule has 11 nitrogen and oxygen atoms in total. The largest absolute Gasteiger partial charge is 0.395 e. The van der Waals surface area contributed by atoms with Crippen LogP contribution in [-0.4, -0.2) is 84.8 Å². The number of rotatable bonds is 10. The van der Waals surface area contributed by atoms with Crippen LogP contribution in [0.5, 0.6) is 0 Å². The molecule has 1 fully saturated rings. The number of sulfonamides is 1. The average molecular weight is 605 g/mol. The monoisotopic (exact) mass is 604 g/mol. The minimum Gasteiger partial charge on any atom is -0.395 e. The van der Waals surface area contributed by atoms with Crippen LogP contribution in [0.2, 0.25) is 0 Å². The highest BCUT2D eigenvalue weighted by Crippen LogP contribution is 2.30. The van der Waals surface area contributed by atoms with Crippen molar-refractivity contribution in [2.24, 2.45) is 0 Å². The average Bonchev–Trinajstić information content (AvgIpc) is 3.35. The van der Waals surface area contributed by atoms with Gasteiger partial charge in [-0.15, -0.1) is 0 Å². The molecular formula is C28H34F2N6O5S. The Hall–Kier alpha value is -3.43. The molecule has 1 amide bonds. The molecule has 0 bridgehead atoms. The van der Waals surface area contributed by atoms with Crippen molar-refractivity contribution < 1.29 is 31.8 Å². The zero-order valence-electron chi connectivity index (χ0n) is 23.2. The van der Waals surface area contributed by atoms with Gasteiger partial charge in [0.2, 0.25) is 10.0 Å². The lowest BCUT2D eigenvalue weighted by Crippen LogP contribution is -2.36. The van der Waals surface area contributed by atoms with E-state index in [4.69, 9.17) is 4.74 Å². The number of aromatic nitrogens is 2. The zero-order valence-corrected chi connectivity index (χ0v) is 24.0. The van der Waals surface area contributed by atoms with Crippen molar-refractivity contribution in [1.29, 1.82) is 0 Å². The van der Waals surface area contributed by atoms with Crippen LogP contribution in [0.25, 0.3) is 0 Å². The molecule has 226 valence electrons. The highest BCUT2D eigenvalue weighted by Gasteiger charge is 2.32. The quantitative estimate of drug-likeness (QED) is 0.277. The van der Waals surface area contributed by atoms with Crippen molar-refractivity contribution in [2.45, 2.75) is 43.3 Å². The Balaban J connectivity index is 1.37. The summed E-state index contributed by atoms with van der Waals surface area (Å²) in [6.45, 7) is 2.32. The Labute approximate surface area is 242 Å². The molecule has 0 saturated carbocycles. The van der Waals surface area contributed by atoms with E-state index in [0.29, 0.717) is 54.9 Å². The van der Waals surface area contributed by atoms with Crippen LogP contribution in [0, 0.1) is 11.6 Å². The highest BCUT2D eigenvalue weighted by molar-refractivity contribution is 7.89. The molecular weight excluding hydrogens is 570 g/mol. The van der Waals surface area contributed by atoms with E-state index < -0.39 is 32.5 Å². The van der Waals surface area contributed by atoms with Gasteiger partial charge in [0.05, 0.1) is 17.1 Å². The first kappa shape index (κ1) is 30.0. The number of fused-ring (bicyclic) bond motifs is 1. The van der Waals surface area contributed by atoms with E-state index in [0.717, 1.165) is 34.8 Å². The summed E-state index contributed by atoms with van der Waals surface area (Å²) in [5.74, 6) is -2.22. The summed E-state index contributed by atoms with van der Waals surface area (Å²) >= 11 is 0. The van der Waals surface area contributed by atoms with E-state index in [2.05, 4.69) is 20.8 Å². The van der Waals surface area contributed by atoms with Gasteiger partial charge in [0.15, 0.2) is 5.82 Å². The predicted molar refractivity (Wildman–Crippen MR) is 152 cm³/mol. The Morgan fingerprint density at radius 2 is 1.93 bits per heavy atom. The van der Waals surface area contributed by atoms with Crippen molar-refractivity contribution in [1.82, 2.24) is 19.4 Å². The van der Waals surface area contributed by atoms with E-state index in [1.165, 1.54) is 0 Å². The van der Waals surface area contributed by atoms with Crippen LogP contribution in [0.15, 0.2) is 41.3 Å². The van der Waals surface area contributed by atoms with E-state index in [9.17, 15) is 27.1 Å². The molecule has 1 aromatic heterocycles. The second kappa shape index (κ2) is 12.8. The van der Waals surface area contributed by atoms with E-state index in [1.807, 2.05) is 24.1 Å². The summed E-state index contributed by atoms with van der Waals surface area (Å²) in [5.41, 5.74) is 3.16. The second-order valence-electron chi connectivity index (χ2n) is 10.5. The standard InChI is InChI=1S/C28H34F2N6O5S/c1-35(8-9-37)16-18-2-3-23(26(12-18)31-21-5-10-41-11-6-21)28(38)32-27-24-17-36(7-4-25(24)33-34-27)42(39,40)22-14-19(29)13-20(30)15-22/h2-3,12-15,21,31,37H,4-11,16-17H2,1H3,(H2,32,33,34,38). The van der Waals surface area contributed by atoms with E-state index >= 15 is 0 Å². The fraction of sp³-hybridized carbons (Fsp3) is 0.429. The Morgan fingerprint density at radius 1 is 1.19 bits per heavy atom. The van der Waals surface area contributed by atoms with Crippen LogP contribution >= 0.6 is 0 Å². The lowest BCUT2D eigenvalue weighted by Gasteiger charge is -2.27. The minimum absolute atomic E-state index is 0.0377. The molecule has 0 radical (unpaired) electrons. The fourth-order valence-corrected chi connectivity index (χ4v) is 6.66. The maximum Gasteiger partial charge on any atom is 0.258 e. The van der Waals surface area contributed by atoms with Gasteiger partial charge < -0.3 is 20.5 Å². The molecule has 0 spiro atoms. The number of aliphatic hydroxyl groups is 1. The van der Waals surface area contributed by atoms with Crippen molar-refractivity contribution in [3.8, 4) is 0 Å². The first-order chi connectivity index (χ1) is 20.1. The highest BCUT2D eigenvalue weighted by atomic mass is 32.2. The van der Waals surface area contributed by atoms with Crippen molar-refractivity contribution in [3.63, 3.8) is 0 Å². The van der Waals surface area contributed by atoms with Crippen molar-refractivity contribution >= 4 is 27.4 Å². The van der Waals surface area contributed by atoms with Crippen LogP contribution < -0.4 is 10.6 Å². The summed E-state index contributed by atoms with van der Waals surface area (Å²) in [6, 6.07) is 7.80. The number of H-pyrrole nitrogens is 1. The molecule has 1 saturated heterocycles. The van der Waals surface area contributed by atoms with Gasteiger partial charge >= 0.3 is 0 Å². The smallest absolute Gasteiger partial charge is 0.258 e. The lowest BCUT2D eigenvalue weighted by atomic mass is 10.0. The number of likely N-dealkylation sites (N-methyl/N-ethyl adjacent to an activating group) is 1. The molecule has 5 rings (SSSR count). The third-order valence-electron chi connectivity index (χ3n) is 7.45. The number of nitrogens with one attached hydrogen (secondary N) is 3. The Kier molecular flexibility index (Phi) is 9.18. The van der Waals surface area contributed by atoms with Gasteiger partial charge in [-0.05, 0) is 49.7 Å². The summed E-state index contributed by atoms with van der Waals surface area (Å²) in [5, 5.41) is 22.7. The van der Waals surface area contributed by atoms with Gasteiger partial charge in [-0.3, -0.25) is 14.8 Å². The van der Waals surface area contributed by atoms with Crippen LogP contribution in [0.4, 0.5) is 20.3 Å². The molecule has 2 aliphatic heterocycles. The number of carbonyl (C=O) groups excluding carboxylic acids is 1. The maximum atomic E-state index is 13.8. The molecule has 0 aliphatic carbocycles. The van der Waals surface area contributed by atoms with Crippen molar-refractivity contribution in [3.05, 3.63) is 70.4 Å². The number of nitrogens with zero attached hydrogens (tertiary/aromatic N) is 3. The first-order valence-electron chi connectivity index (χ1n) is 13.7. The summed E-state index contributed by atoms with van der Waals surface area (Å²) in [4.78, 5) is 15.1. The molecule has 3 aromatic rings. The SMILES string of the molecule is CN(CCO)Cc1ccc(C(=O)Nc2n[nH]c3c2CN(S(=O)(=O)c2cc(F)cc(F)c2)CC3)c(NC2CCOCC2)c1. The summed E-state index contributed by atoms with van der Waals surface area (Å²) in [6.07, 6.45) is 1.87. The lowest BCUT2D eigenvalue weighted by molar-refractivity contribution is 0.0904. The minimum atomic E-state index is -4.21. The normalized spacial score (nSPS) is 16.4. The molecule has 2 aliphatic rings. The molecule has 3 heterocycles. The fourth-order valence-electron chi connectivity index (χ4n) is 5.21. The van der Waals surface area contributed by atoms with Gasteiger partial charge in [0.25, 0.3) is 5.91 Å². The third-order valence-corrected chi connectivity index (χ3v) is 9.27. The maximum absolute atomic E-state index is 13.8. The van der Waals surface area contributed by atoms with Gasteiger partial charge in [0, 0.05) is 74.9 Å². The summed E-state index contributed by atoms with van der Waals surface area (Å²) in [7, 11) is -2.31. The topological polar surface area (TPSA) is 140 Å². The number of hydrogen-bond donors (Lipinski definition) is 4. The molecule has 0 atom stereocenters. The van der Waals surface area contributed by atoms with Gasteiger partial charge in [0.1, 0.15) is 11.6 Å². The van der Waals surface area contributed by atoms with Crippen LogP contribution in [0.1, 0.15) is 40.0 Å². The van der Waals surface area contributed by atoms with Gasteiger partial charge in [-0.2, -0.15) is 9.40 Å². The van der Waals surface area contributed by atoms with E-state index in [-0.39, 0.29) is 38.0 Å². The van der Waals surface area contributed by atoms with Crippen molar-refractivity contribution in [2.75, 3.05) is 50.6 Å². The van der Waals surface area contributed by atoms with Gasteiger partial charge in [-0.25, -0.2) is 17.2 Å². The first-order valence-corrected chi connectivity index (χ1v) is 15.2. The molecule has 14 heteroatoms. The molecule has 4 N–H and O–H groups in total. The number of ether oxygens (including phenoxy) is 1. The Morgan fingerprint density at radius 3 is 2.64 bits per heavy atom. The third kappa shape index (κ3) is 6.79. The number of amides is 1. The molecule has 2 aromatic carbocycles. The van der Waals surface area contributed by atoms with E-state index in [1.54, 1.807) is 6.07 Å². The number of halogens is 2.